The van der Waals surface area contributed by atoms with Crippen molar-refractivity contribution in [3.63, 3.8) is 0 Å². The lowest BCUT2D eigenvalue weighted by molar-refractivity contribution is -0.512. The van der Waals surface area contributed by atoms with Gasteiger partial charge in [0.05, 0.1) is 0 Å². The number of hydrogen-bond donors (Lipinski definition) is 1. The molecule has 1 fully saturated rings. The third-order valence-corrected chi connectivity index (χ3v) is 4.84. The smallest absolute Gasteiger partial charge is 0.445 e. The second kappa shape index (κ2) is 6.95. The molecule has 1 aliphatic carbocycles. The van der Waals surface area contributed by atoms with Crippen LogP contribution in [0.15, 0.2) is 24.5 Å². The first-order valence-electron chi connectivity index (χ1n) is 7.31. The van der Waals surface area contributed by atoms with Gasteiger partial charge < -0.3 is 9.64 Å². The third kappa shape index (κ3) is 4.33. The molecule has 0 aromatic carbocycles. The summed E-state index contributed by atoms with van der Waals surface area (Å²) in [6.45, 7) is 0. The molecule has 1 saturated carbocycles. The number of carbonyl (C=O) groups is 1. The molecule has 22 heavy (non-hydrogen) atoms. The minimum Gasteiger partial charge on any atom is -0.445 e. The maximum Gasteiger partial charge on any atom is 0.474 e. The summed E-state index contributed by atoms with van der Waals surface area (Å²) in [5, 5.41) is 0. The fourth-order valence-corrected chi connectivity index (χ4v) is 3.19. The number of ether oxygens (including phenoxy) is 1. The van der Waals surface area contributed by atoms with Crippen molar-refractivity contribution in [1.82, 2.24) is 4.72 Å². The number of nitrogens with zero attached hydrogens (tertiary/aromatic N) is 2. The molecule has 1 aromatic rings. The van der Waals surface area contributed by atoms with E-state index in [1.807, 2.05) is 23.7 Å². The Morgan fingerprint density at radius 1 is 1.23 bits per heavy atom. The maximum atomic E-state index is 12.1. The number of hydrogen-bond acceptors (Lipinski definition) is 5. The van der Waals surface area contributed by atoms with Crippen LogP contribution in [0, 0.1) is 0 Å². The van der Waals surface area contributed by atoms with E-state index in [-0.39, 0.29) is 6.10 Å². The molecule has 0 aliphatic heterocycles. The molecule has 1 N–H and O–H groups in total. The highest BCUT2D eigenvalue weighted by Crippen LogP contribution is 2.20. The first-order chi connectivity index (χ1) is 10.4. The molecule has 0 radical (unpaired) electrons. The average Bonchev–Trinajstić information content (AvgIpc) is 2.47. The van der Waals surface area contributed by atoms with Gasteiger partial charge in [0.1, 0.15) is 6.10 Å². The lowest BCUT2D eigenvalue weighted by Crippen LogP contribution is -2.52. The molecule has 1 aliphatic rings. The van der Waals surface area contributed by atoms with Crippen LogP contribution >= 0.6 is 0 Å². The topological polar surface area (TPSA) is 79.6 Å². The van der Waals surface area contributed by atoms with Gasteiger partial charge in [-0.05, 0) is 25.7 Å². The van der Waals surface area contributed by atoms with Gasteiger partial charge in [0.25, 0.3) is 0 Å². The van der Waals surface area contributed by atoms with Crippen LogP contribution < -0.4 is 13.6 Å². The van der Waals surface area contributed by atoms with Crippen molar-refractivity contribution in [2.24, 2.45) is 0 Å². The van der Waals surface area contributed by atoms with Gasteiger partial charge in [0, 0.05) is 31.9 Å². The molecular weight excluding hydrogens is 306 g/mol. The van der Waals surface area contributed by atoms with Gasteiger partial charge in [-0.1, -0.05) is 10.4 Å². The van der Waals surface area contributed by atoms with Gasteiger partial charge in [-0.2, -0.15) is 4.72 Å². The minimum absolute atomic E-state index is 0.190. The standard InChI is InChI=1S/C14H21N3O4S/c1-16(2)12-8-10-17(11-9-12)22(19,20)15-14(18)21-13-6-4-3-5-7-13/h8-11,13H,3-7H2,1-2H3/p+1. The number of rotatable bonds is 4. The Balaban J connectivity index is 1.98. The van der Waals surface area contributed by atoms with Crippen LogP contribution in [0.1, 0.15) is 32.1 Å². The number of aromatic nitrogens is 1. The SMILES string of the molecule is CN(C)c1cc[n+](S(=O)(=O)NC(=O)OC2CCCCC2)cc1. The second-order valence-electron chi connectivity index (χ2n) is 5.55. The molecular formula is C14H22N3O4S+. The van der Waals surface area contributed by atoms with Crippen LogP contribution in [-0.2, 0) is 14.9 Å². The maximum absolute atomic E-state index is 12.1. The third-order valence-electron chi connectivity index (χ3n) is 3.62. The Morgan fingerprint density at radius 2 is 1.82 bits per heavy atom. The Bertz CT molecular complexity index is 607. The van der Waals surface area contributed by atoms with Gasteiger partial charge in [-0.3, -0.25) is 0 Å². The molecule has 1 amide bonds. The summed E-state index contributed by atoms with van der Waals surface area (Å²) in [6.07, 6.45) is 6.37. The summed E-state index contributed by atoms with van der Waals surface area (Å²) in [5.74, 6) is 0. The molecule has 1 aromatic heterocycles. The molecule has 8 heteroatoms. The first kappa shape index (κ1) is 16.5. The van der Waals surface area contributed by atoms with Crippen molar-refractivity contribution in [2.45, 2.75) is 38.2 Å². The van der Waals surface area contributed by atoms with E-state index < -0.39 is 16.3 Å². The predicted octanol–water partition coefficient (Wildman–Crippen LogP) is 1.19. The number of anilines is 1. The van der Waals surface area contributed by atoms with E-state index in [0.717, 1.165) is 41.8 Å². The van der Waals surface area contributed by atoms with E-state index in [0.29, 0.717) is 0 Å². The zero-order valence-electron chi connectivity index (χ0n) is 12.9. The number of amides is 1. The molecule has 0 saturated heterocycles. The first-order valence-corrected chi connectivity index (χ1v) is 8.75. The largest absolute Gasteiger partial charge is 0.474 e. The zero-order valence-corrected chi connectivity index (χ0v) is 13.7. The Hall–Kier alpha value is -1.83. The quantitative estimate of drug-likeness (QED) is 0.840. The number of nitrogens with one attached hydrogen (secondary N) is 1. The van der Waals surface area contributed by atoms with Gasteiger partial charge in [-0.25, -0.2) is 4.79 Å². The van der Waals surface area contributed by atoms with Gasteiger partial charge in [0.15, 0.2) is 12.4 Å². The van der Waals surface area contributed by atoms with E-state index >= 15 is 0 Å². The van der Waals surface area contributed by atoms with E-state index in [1.165, 1.54) is 12.4 Å². The van der Waals surface area contributed by atoms with Crippen LogP contribution in [0.3, 0.4) is 0 Å². The molecule has 122 valence electrons. The van der Waals surface area contributed by atoms with Crippen LogP contribution in [0.25, 0.3) is 0 Å². The minimum atomic E-state index is -3.98. The summed E-state index contributed by atoms with van der Waals surface area (Å²) in [6, 6.07) is 3.29. The highest BCUT2D eigenvalue weighted by atomic mass is 32.2. The van der Waals surface area contributed by atoms with Crippen LogP contribution in [0.4, 0.5) is 10.5 Å². The Kier molecular flexibility index (Phi) is 5.23. The van der Waals surface area contributed by atoms with Crippen molar-refractivity contribution in [3.05, 3.63) is 24.5 Å². The predicted molar refractivity (Wildman–Crippen MR) is 81.8 cm³/mol. The lowest BCUT2D eigenvalue weighted by Gasteiger charge is -2.21. The van der Waals surface area contributed by atoms with Crippen LogP contribution in [0.2, 0.25) is 0 Å². The summed E-state index contributed by atoms with van der Waals surface area (Å²) in [4.78, 5) is 13.6. The summed E-state index contributed by atoms with van der Waals surface area (Å²) >= 11 is 0. The van der Waals surface area contributed by atoms with Gasteiger partial charge >= 0.3 is 16.3 Å². The lowest BCUT2D eigenvalue weighted by atomic mass is 9.98. The van der Waals surface area contributed by atoms with E-state index in [9.17, 15) is 13.2 Å². The van der Waals surface area contributed by atoms with Gasteiger partial charge in [-0.15, -0.1) is 8.42 Å². The fourth-order valence-electron chi connectivity index (χ4n) is 2.38. The second-order valence-corrected chi connectivity index (χ2v) is 7.13. The zero-order chi connectivity index (χ0) is 16.2. The molecule has 0 bridgehead atoms. The Morgan fingerprint density at radius 3 is 2.36 bits per heavy atom. The molecule has 2 rings (SSSR count). The van der Waals surface area contributed by atoms with Crippen molar-refractivity contribution in [3.8, 4) is 0 Å². The number of carbonyl (C=O) groups excluding carboxylic acids is 1. The summed E-state index contributed by atoms with van der Waals surface area (Å²) < 4.78 is 32.2. The van der Waals surface area contributed by atoms with Crippen molar-refractivity contribution in [2.75, 3.05) is 19.0 Å². The highest BCUT2D eigenvalue weighted by Gasteiger charge is 2.27. The van der Waals surface area contributed by atoms with Gasteiger partial charge in [0.2, 0.25) is 0 Å². The molecule has 7 nitrogen and oxygen atoms in total. The normalized spacial score (nSPS) is 16.1. The van der Waals surface area contributed by atoms with Crippen LogP contribution in [0.5, 0.6) is 0 Å². The highest BCUT2D eigenvalue weighted by molar-refractivity contribution is 7.83. The Labute approximate surface area is 131 Å². The number of pyridine rings is 1. The molecule has 1 heterocycles. The average molecular weight is 328 g/mol. The molecule has 0 atom stereocenters. The van der Waals surface area contributed by atoms with Crippen molar-refractivity contribution >= 4 is 22.0 Å². The van der Waals surface area contributed by atoms with Crippen molar-refractivity contribution in [1.29, 1.82) is 0 Å². The summed E-state index contributed by atoms with van der Waals surface area (Å²) in [5.41, 5.74) is 0.858. The monoisotopic (exact) mass is 328 g/mol. The molecule has 0 spiro atoms. The molecule has 0 unspecified atom stereocenters. The van der Waals surface area contributed by atoms with Crippen molar-refractivity contribution < 1.29 is 21.9 Å². The van der Waals surface area contributed by atoms with Crippen LogP contribution in [-0.4, -0.2) is 34.7 Å². The fraction of sp³-hybridized carbons (Fsp3) is 0.571. The van der Waals surface area contributed by atoms with E-state index in [4.69, 9.17) is 4.74 Å². The van der Waals surface area contributed by atoms with E-state index in [1.54, 1.807) is 12.1 Å². The van der Waals surface area contributed by atoms with E-state index in [2.05, 4.69) is 0 Å². The summed E-state index contributed by atoms with van der Waals surface area (Å²) in [7, 11) is -0.269.